The number of fused-ring (bicyclic) bond motifs is 1. The first-order valence-corrected chi connectivity index (χ1v) is 8.69. The van der Waals surface area contributed by atoms with Crippen LogP contribution in [0.2, 0.25) is 0 Å². The van der Waals surface area contributed by atoms with Crippen molar-refractivity contribution in [3.8, 4) is 6.07 Å². The fourth-order valence-corrected chi connectivity index (χ4v) is 3.17. The molecule has 0 amide bonds. The summed E-state index contributed by atoms with van der Waals surface area (Å²) in [6.45, 7) is 0.352. The zero-order valence-electron chi connectivity index (χ0n) is 12.7. The minimum absolute atomic E-state index is 0.149. The molecule has 11 heteroatoms. The molecule has 2 aromatic rings. The molecule has 3 atom stereocenters. The molecule has 2 aromatic heterocycles. The zero-order valence-corrected chi connectivity index (χ0v) is 13.7. The number of nitriles is 1. The Morgan fingerprint density at radius 1 is 1.50 bits per heavy atom. The second-order valence-corrected chi connectivity index (χ2v) is 6.29. The number of nitrogens with one attached hydrogen (secondary N) is 1. The summed E-state index contributed by atoms with van der Waals surface area (Å²) in [6.07, 6.45) is 4.05. The van der Waals surface area contributed by atoms with E-state index in [-0.39, 0.29) is 43.0 Å². The van der Waals surface area contributed by atoms with Crippen molar-refractivity contribution >= 4 is 19.8 Å². The maximum atomic E-state index is 11.7. The minimum Gasteiger partial charge on any atom is -0.352 e. The van der Waals surface area contributed by atoms with Gasteiger partial charge in [0.25, 0.3) is 5.56 Å². The van der Waals surface area contributed by atoms with Gasteiger partial charge in [-0.25, -0.2) is 9.97 Å². The van der Waals surface area contributed by atoms with Crippen LogP contribution in [0.15, 0.2) is 17.4 Å². The molecule has 1 saturated heterocycles. The number of aromatic nitrogens is 4. The Labute approximate surface area is 138 Å². The van der Waals surface area contributed by atoms with Crippen molar-refractivity contribution < 1.29 is 18.7 Å². The van der Waals surface area contributed by atoms with Crippen LogP contribution in [-0.4, -0.2) is 43.7 Å². The van der Waals surface area contributed by atoms with Gasteiger partial charge >= 0.3 is 8.60 Å². The number of hydrogen-bond donors (Lipinski definition) is 2. The van der Waals surface area contributed by atoms with E-state index in [4.69, 9.17) is 19.0 Å². The SMILES string of the molecule is N#CCCO[PH+](O)OCC1CCC(n2cnc3c(=O)[nH]cnc32)O1. The minimum atomic E-state index is -2.37. The summed E-state index contributed by atoms with van der Waals surface area (Å²) in [6, 6.07) is 1.92. The lowest BCUT2D eigenvalue weighted by Crippen LogP contribution is -2.16. The number of ether oxygens (including phenoxy) is 1. The van der Waals surface area contributed by atoms with Crippen LogP contribution < -0.4 is 5.56 Å². The molecule has 3 unspecified atom stereocenters. The molecule has 1 aliphatic heterocycles. The molecule has 2 N–H and O–H groups in total. The molecule has 10 nitrogen and oxygen atoms in total. The largest absolute Gasteiger partial charge is 0.395 e. The molecule has 0 aliphatic carbocycles. The highest BCUT2D eigenvalue weighted by molar-refractivity contribution is 7.40. The van der Waals surface area contributed by atoms with E-state index in [1.807, 2.05) is 6.07 Å². The summed E-state index contributed by atoms with van der Waals surface area (Å²) in [7, 11) is -2.37. The van der Waals surface area contributed by atoms with E-state index in [0.717, 1.165) is 12.8 Å². The van der Waals surface area contributed by atoms with E-state index in [1.54, 1.807) is 4.57 Å². The molecule has 128 valence electrons. The van der Waals surface area contributed by atoms with Gasteiger partial charge in [0.2, 0.25) is 0 Å². The number of hydrogen-bond acceptors (Lipinski definition) is 8. The Morgan fingerprint density at radius 2 is 2.38 bits per heavy atom. The second-order valence-electron chi connectivity index (χ2n) is 5.18. The van der Waals surface area contributed by atoms with Crippen LogP contribution in [0, 0.1) is 11.3 Å². The van der Waals surface area contributed by atoms with Crippen molar-refractivity contribution in [1.29, 1.82) is 5.26 Å². The van der Waals surface area contributed by atoms with Crippen LogP contribution >= 0.6 is 8.60 Å². The summed E-state index contributed by atoms with van der Waals surface area (Å²) in [5.41, 5.74) is 0.447. The van der Waals surface area contributed by atoms with Crippen molar-refractivity contribution in [1.82, 2.24) is 19.5 Å². The van der Waals surface area contributed by atoms with Gasteiger partial charge in [-0.1, -0.05) is 0 Å². The molecule has 0 saturated carbocycles. The van der Waals surface area contributed by atoms with Gasteiger partial charge in [-0.2, -0.15) is 19.2 Å². The molecular formula is C13H17N5O5P+. The number of aromatic amines is 1. The Kier molecular flexibility index (Phi) is 5.50. The average molecular weight is 354 g/mol. The van der Waals surface area contributed by atoms with Gasteiger partial charge in [-0.15, -0.1) is 0 Å². The number of nitrogens with zero attached hydrogens (tertiary/aromatic N) is 4. The molecule has 1 aliphatic rings. The van der Waals surface area contributed by atoms with Gasteiger partial charge < -0.3 is 9.72 Å². The fraction of sp³-hybridized carbons (Fsp3) is 0.538. The zero-order chi connectivity index (χ0) is 16.9. The summed E-state index contributed by atoms with van der Waals surface area (Å²) in [5.74, 6) is 0. The van der Waals surface area contributed by atoms with Gasteiger partial charge in [0, 0.05) is 0 Å². The topological polar surface area (TPSA) is 135 Å². The average Bonchev–Trinajstić information content (AvgIpc) is 3.20. The Morgan fingerprint density at radius 3 is 3.21 bits per heavy atom. The number of H-pyrrole nitrogens is 1. The lowest BCUT2D eigenvalue weighted by molar-refractivity contribution is -0.0186. The maximum absolute atomic E-state index is 11.7. The Bertz CT molecular complexity index is 787. The number of rotatable bonds is 7. The first-order chi connectivity index (χ1) is 11.7. The lowest BCUT2D eigenvalue weighted by Gasteiger charge is -2.14. The molecule has 0 spiro atoms. The molecule has 0 bridgehead atoms. The Balaban J connectivity index is 1.54. The predicted octanol–water partition coefficient (Wildman–Crippen LogP) is 0.696. The molecule has 24 heavy (non-hydrogen) atoms. The third-order valence-corrected chi connectivity index (χ3v) is 4.46. The smallest absolute Gasteiger partial charge is 0.352 e. The summed E-state index contributed by atoms with van der Waals surface area (Å²) < 4.78 is 17.8. The highest BCUT2D eigenvalue weighted by Gasteiger charge is 2.30. The van der Waals surface area contributed by atoms with Crippen LogP contribution in [0.4, 0.5) is 0 Å². The van der Waals surface area contributed by atoms with Crippen molar-refractivity contribution in [3.05, 3.63) is 23.0 Å². The van der Waals surface area contributed by atoms with Crippen LogP contribution in [0.1, 0.15) is 25.5 Å². The first-order valence-electron chi connectivity index (χ1n) is 7.43. The maximum Gasteiger partial charge on any atom is 0.395 e. The van der Waals surface area contributed by atoms with Crippen LogP contribution in [0.25, 0.3) is 11.2 Å². The third-order valence-electron chi connectivity index (χ3n) is 3.59. The van der Waals surface area contributed by atoms with E-state index in [0.29, 0.717) is 5.65 Å². The highest BCUT2D eigenvalue weighted by atomic mass is 31.2. The van der Waals surface area contributed by atoms with Crippen molar-refractivity contribution in [3.63, 3.8) is 0 Å². The van der Waals surface area contributed by atoms with E-state index >= 15 is 0 Å². The fourth-order valence-electron chi connectivity index (χ4n) is 2.48. The normalized spacial score (nSPS) is 21.8. The predicted molar refractivity (Wildman–Crippen MR) is 84.0 cm³/mol. The monoisotopic (exact) mass is 354 g/mol. The molecule has 3 heterocycles. The van der Waals surface area contributed by atoms with E-state index in [1.165, 1.54) is 12.7 Å². The van der Waals surface area contributed by atoms with E-state index in [9.17, 15) is 9.69 Å². The van der Waals surface area contributed by atoms with Gasteiger partial charge in [0.05, 0.1) is 31.2 Å². The van der Waals surface area contributed by atoms with E-state index < -0.39 is 8.60 Å². The molecular weight excluding hydrogens is 337 g/mol. The standard InChI is InChI=1S/C13H16N5O5P/c14-4-1-5-21-24(20)22-6-9-2-3-10(23-9)18-8-17-11-12(18)15-7-16-13(11)19/h7-10,20,24H,1-3,5-6H2/p+1. The van der Waals surface area contributed by atoms with Gasteiger partial charge in [-0.3, -0.25) is 9.36 Å². The molecule has 0 aromatic carbocycles. The van der Waals surface area contributed by atoms with E-state index in [2.05, 4.69) is 15.0 Å². The molecule has 0 radical (unpaired) electrons. The van der Waals surface area contributed by atoms with Crippen LogP contribution in [-0.2, 0) is 13.8 Å². The van der Waals surface area contributed by atoms with Crippen molar-refractivity contribution in [2.75, 3.05) is 13.2 Å². The third kappa shape index (κ3) is 3.77. The second kappa shape index (κ2) is 7.79. The van der Waals surface area contributed by atoms with Gasteiger partial charge in [0.1, 0.15) is 19.4 Å². The van der Waals surface area contributed by atoms with Crippen LogP contribution in [0.5, 0.6) is 0 Å². The first kappa shape index (κ1) is 17.0. The molecule has 1 fully saturated rings. The lowest BCUT2D eigenvalue weighted by atomic mass is 10.2. The van der Waals surface area contributed by atoms with Crippen LogP contribution in [0.3, 0.4) is 0 Å². The summed E-state index contributed by atoms with van der Waals surface area (Å²) in [5, 5.41) is 8.40. The van der Waals surface area contributed by atoms with Crippen molar-refractivity contribution in [2.45, 2.75) is 31.6 Å². The quantitative estimate of drug-likeness (QED) is 0.548. The van der Waals surface area contributed by atoms with Crippen molar-refractivity contribution in [2.24, 2.45) is 0 Å². The summed E-state index contributed by atoms with van der Waals surface area (Å²) in [4.78, 5) is 31.9. The van der Waals surface area contributed by atoms with Gasteiger partial charge in [-0.05, 0) is 12.8 Å². The Hall–Kier alpha value is -1.89. The highest BCUT2D eigenvalue weighted by Crippen LogP contribution is 2.36. The summed E-state index contributed by atoms with van der Waals surface area (Å²) >= 11 is 0. The number of imidazole rings is 1. The van der Waals surface area contributed by atoms with Gasteiger partial charge in [0.15, 0.2) is 11.2 Å². The molecule has 3 rings (SSSR count).